The standard InChI is InChI=1S/C38H48N4O14P2/c1-37(2)35(33(41-14-6-8-31(41)43)27-22-25(24-39)10-12-29(27)53-37)55-57(45,46)51-20-18-49-16-17-50-19-21-52-58(47,48)56-36-34(42-15-7-9-32(42)44)28-23-26(40-5)11-13-30(28)54-38(36,3)4/h10-13,22-23,33-36H,6-9,14-21H2,1-4H3,(H,45,46)(H,47,48)/t33-,34-,35+,36+/m1/s1. The van der Waals surface area contributed by atoms with Crippen molar-refractivity contribution in [2.45, 2.75) is 88.9 Å². The van der Waals surface area contributed by atoms with Gasteiger partial charge in [0, 0.05) is 37.1 Å². The third-order valence-electron chi connectivity index (χ3n) is 10.3. The normalized spacial score (nSPS) is 25.4. The van der Waals surface area contributed by atoms with Gasteiger partial charge in [-0.1, -0.05) is 6.07 Å². The molecule has 0 aliphatic carbocycles. The summed E-state index contributed by atoms with van der Waals surface area (Å²) in [5.41, 5.74) is -0.678. The van der Waals surface area contributed by atoms with Gasteiger partial charge in [0.15, 0.2) is 5.69 Å². The van der Waals surface area contributed by atoms with Crippen molar-refractivity contribution >= 4 is 33.1 Å². The first-order valence-electron chi connectivity index (χ1n) is 18.9. The van der Waals surface area contributed by atoms with Crippen LogP contribution >= 0.6 is 15.6 Å². The molecular formula is C38H48N4O14P2. The Labute approximate surface area is 336 Å². The molecule has 4 aliphatic rings. The Bertz CT molecular complexity index is 1910. The van der Waals surface area contributed by atoms with E-state index < -0.39 is 51.1 Å². The summed E-state index contributed by atoms with van der Waals surface area (Å²) in [4.78, 5) is 53.9. The number of benzene rings is 2. The highest BCUT2D eigenvalue weighted by molar-refractivity contribution is 7.47. The molecule has 2 N–H and O–H groups in total. The van der Waals surface area contributed by atoms with Crippen LogP contribution < -0.4 is 9.47 Å². The van der Waals surface area contributed by atoms with Crippen LogP contribution in [0.2, 0.25) is 0 Å². The minimum Gasteiger partial charge on any atom is -0.485 e. The van der Waals surface area contributed by atoms with Crippen molar-refractivity contribution in [2.75, 3.05) is 52.7 Å². The summed E-state index contributed by atoms with van der Waals surface area (Å²) >= 11 is 0. The molecule has 0 spiro atoms. The summed E-state index contributed by atoms with van der Waals surface area (Å²) in [6, 6.07) is 10.1. The number of nitrogens with zero attached hydrogens (tertiary/aromatic N) is 4. The summed E-state index contributed by atoms with van der Waals surface area (Å²) in [5, 5.41) is 9.51. The number of ether oxygens (including phenoxy) is 4. The average Bonchev–Trinajstić information content (AvgIpc) is 3.79. The van der Waals surface area contributed by atoms with E-state index in [2.05, 4.69) is 10.9 Å². The van der Waals surface area contributed by atoms with Crippen molar-refractivity contribution in [3.05, 3.63) is 64.5 Å². The average molecular weight is 847 g/mol. The quantitative estimate of drug-likeness (QED) is 0.114. The van der Waals surface area contributed by atoms with Gasteiger partial charge < -0.3 is 38.5 Å². The summed E-state index contributed by atoms with van der Waals surface area (Å²) in [7, 11) is -9.44. The monoisotopic (exact) mass is 846 g/mol. The van der Waals surface area contributed by atoms with Gasteiger partial charge in [-0.2, -0.15) is 5.26 Å². The molecule has 18 nitrogen and oxygen atoms in total. The summed E-state index contributed by atoms with van der Waals surface area (Å²) in [6.45, 7) is 14.2. The number of phosphoric ester groups is 2. The fourth-order valence-electron chi connectivity index (χ4n) is 7.69. The number of carbonyl (C=O) groups excluding carboxylic acids is 2. The molecule has 314 valence electrons. The van der Waals surface area contributed by atoms with Crippen LogP contribution in [0.25, 0.3) is 4.85 Å². The Morgan fingerprint density at radius 2 is 1.22 bits per heavy atom. The van der Waals surface area contributed by atoms with Crippen LogP contribution in [0.4, 0.5) is 5.69 Å². The van der Waals surface area contributed by atoms with Gasteiger partial charge in [0.1, 0.15) is 34.9 Å². The molecule has 6 rings (SSSR count). The van der Waals surface area contributed by atoms with E-state index in [1.54, 1.807) is 73.9 Å². The molecule has 4 heterocycles. The van der Waals surface area contributed by atoms with Crippen molar-refractivity contribution in [1.82, 2.24) is 9.80 Å². The Balaban J connectivity index is 0.949. The maximum Gasteiger partial charge on any atom is 0.472 e. The van der Waals surface area contributed by atoms with Crippen LogP contribution in [0.5, 0.6) is 11.5 Å². The summed E-state index contributed by atoms with van der Waals surface area (Å²) in [5.74, 6) is 0.599. The summed E-state index contributed by atoms with van der Waals surface area (Å²) < 4.78 is 71.4. The molecule has 2 fully saturated rings. The SMILES string of the molecule is [C-]#[N+]c1ccc2c(c1)[C@@H](N1CCCC1=O)[C@H](OP(=O)(O)OCCOCCOCCOP(=O)(O)O[C@H]1[C@H](N3CCCC3=O)c3cc(C#N)ccc3OC1(C)C)C(C)(C)O2. The van der Waals surface area contributed by atoms with Gasteiger partial charge in [-0.15, -0.1) is 0 Å². The minimum atomic E-state index is -4.72. The highest BCUT2D eigenvalue weighted by Gasteiger charge is 2.53. The number of amides is 2. The number of rotatable bonds is 17. The minimum absolute atomic E-state index is 0.0407. The van der Waals surface area contributed by atoms with Crippen molar-refractivity contribution in [3.63, 3.8) is 0 Å². The topological polar surface area (TPSA) is 217 Å². The van der Waals surface area contributed by atoms with E-state index in [4.69, 9.17) is 43.6 Å². The van der Waals surface area contributed by atoms with Gasteiger partial charge in [0.05, 0.1) is 69.9 Å². The highest BCUT2D eigenvalue weighted by Crippen LogP contribution is 2.55. The van der Waals surface area contributed by atoms with Crippen molar-refractivity contribution < 1.29 is 65.5 Å². The lowest BCUT2D eigenvalue weighted by molar-refractivity contribution is -0.139. The Morgan fingerprint density at radius 1 is 0.776 bits per heavy atom. The fourth-order valence-corrected chi connectivity index (χ4v) is 9.74. The predicted octanol–water partition coefficient (Wildman–Crippen LogP) is 5.52. The zero-order chi connectivity index (χ0) is 41.9. The first kappa shape index (κ1) is 43.7. The number of hydrogen-bond acceptors (Lipinski definition) is 13. The molecule has 58 heavy (non-hydrogen) atoms. The lowest BCUT2D eigenvalue weighted by Crippen LogP contribution is -2.54. The van der Waals surface area contributed by atoms with Crippen molar-refractivity contribution in [3.8, 4) is 17.6 Å². The second kappa shape index (κ2) is 17.8. The summed E-state index contributed by atoms with van der Waals surface area (Å²) in [6.07, 6.45) is -0.397. The van der Waals surface area contributed by atoms with Gasteiger partial charge in [0.2, 0.25) is 11.8 Å². The molecule has 4 aliphatic heterocycles. The van der Waals surface area contributed by atoms with Crippen LogP contribution in [-0.4, -0.2) is 108 Å². The van der Waals surface area contributed by atoms with Crippen LogP contribution in [-0.2, 0) is 46.3 Å². The predicted molar refractivity (Wildman–Crippen MR) is 204 cm³/mol. The van der Waals surface area contributed by atoms with E-state index in [0.29, 0.717) is 72.6 Å². The number of fused-ring (bicyclic) bond motifs is 2. The molecule has 2 aromatic rings. The molecule has 2 saturated heterocycles. The van der Waals surface area contributed by atoms with Crippen molar-refractivity contribution in [2.24, 2.45) is 0 Å². The van der Waals surface area contributed by atoms with E-state index >= 15 is 0 Å². The van der Waals surface area contributed by atoms with E-state index in [0.717, 1.165) is 0 Å². The highest BCUT2D eigenvalue weighted by atomic mass is 31.2. The first-order chi connectivity index (χ1) is 27.4. The van der Waals surface area contributed by atoms with Crippen LogP contribution in [0, 0.1) is 17.9 Å². The zero-order valence-electron chi connectivity index (χ0n) is 32.7. The fraction of sp³-hybridized carbons (Fsp3) is 0.579. The maximum absolute atomic E-state index is 13.2. The number of likely N-dealkylation sites (tertiary alicyclic amines) is 2. The van der Waals surface area contributed by atoms with Gasteiger partial charge in [-0.25, -0.2) is 14.0 Å². The second-order valence-corrected chi connectivity index (χ2v) is 18.1. The smallest absolute Gasteiger partial charge is 0.472 e. The maximum atomic E-state index is 13.2. The van der Waals surface area contributed by atoms with Gasteiger partial charge in [-0.3, -0.25) is 27.7 Å². The molecule has 6 atom stereocenters. The van der Waals surface area contributed by atoms with Crippen molar-refractivity contribution in [1.29, 1.82) is 5.26 Å². The lowest BCUT2D eigenvalue weighted by atomic mass is 9.85. The van der Waals surface area contributed by atoms with E-state index in [-0.39, 0.29) is 51.5 Å². The van der Waals surface area contributed by atoms with Gasteiger partial charge in [0.25, 0.3) is 0 Å². The first-order valence-corrected chi connectivity index (χ1v) is 21.9. The molecule has 0 saturated carbocycles. The van der Waals surface area contributed by atoms with E-state index in [9.17, 15) is 33.8 Å². The molecule has 20 heteroatoms. The van der Waals surface area contributed by atoms with Crippen LogP contribution in [0.1, 0.15) is 82.2 Å². The van der Waals surface area contributed by atoms with Crippen LogP contribution in [0.15, 0.2) is 36.4 Å². The molecule has 2 aromatic carbocycles. The third kappa shape index (κ3) is 9.92. The lowest BCUT2D eigenvalue weighted by Gasteiger charge is -2.47. The molecule has 0 aromatic heterocycles. The molecule has 2 amide bonds. The molecule has 0 bridgehead atoms. The Morgan fingerprint density at radius 3 is 1.66 bits per heavy atom. The Hall–Kier alpha value is -3.90. The Kier molecular flexibility index (Phi) is 13.4. The molecular weight excluding hydrogens is 798 g/mol. The molecule has 0 radical (unpaired) electrons. The zero-order valence-corrected chi connectivity index (χ0v) is 34.5. The van der Waals surface area contributed by atoms with E-state index in [1.165, 1.54) is 0 Å². The number of hydrogen-bond donors (Lipinski definition) is 2. The largest absolute Gasteiger partial charge is 0.485 e. The second-order valence-electron chi connectivity index (χ2n) is 15.3. The van der Waals surface area contributed by atoms with Gasteiger partial charge in [-0.05, 0) is 70.9 Å². The van der Waals surface area contributed by atoms with E-state index in [1.807, 2.05) is 0 Å². The number of nitriles is 1. The number of phosphoric acid groups is 2. The number of carbonyl (C=O) groups is 2. The van der Waals surface area contributed by atoms with Crippen LogP contribution in [0.3, 0.4) is 0 Å². The molecule has 2 unspecified atom stereocenters. The van der Waals surface area contributed by atoms with Gasteiger partial charge >= 0.3 is 15.6 Å². The third-order valence-corrected chi connectivity index (χ3v) is 12.3.